The van der Waals surface area contributed by atoms with Crippen LogP contribution < -0.4 is 10.6 Å². The van der Waals surface area contributed by atoms with Gasteiger partial charge in [0.25, 0.3) is 0 Å². The first-order chi connectivity index (χ1) is 16.2. The molecule has 1 fully saturated rings. The number of likely N-dealkylation sites (N-methyl/N-ethyl adjacent to an activating group) is 1. The molecule has 0 radical (unpaired) electrons. The van der Waals surface area contributed by atoms with E-state index in [1.807, 2.05) is 6.92 Å². The molecular formula is C27H51N3O4. The first-order valence-corrected chi connectivity index (χ1v) is 13.7. The van der Waals surface area contributed by atoms with Crippen molar-refractivity contribution in [1.29, 1.82) is 0 Å². The van der Waals surface area contributed by atoms with Gasteiger partial charge in [-0.15, -0.1) is 0 Å². The zero-order valence-corrected chi connectivity index (χ0v) is 22.4. The molecule has 7 nitrogen and oxygen atoms in total. The van der Waals surface area contributed by atoms with E-state index in [4.69, 9.17) is 0 Å². The number of nitrogens with zero attached hydrogens (tertiary/aromatic N) is 1. The van der Waals surface area contributed by atoms with Crippen LogP contribution in [0.15, 0.2) is 0 Å². The number of rotatable bonds is 7. The fraction of sp³-hybridized carbons (Fsp3) is 0.889. The highest BCUT2D eigenvalue weighted by molar-refractivity contribution is 5.87. The largest absolute Gasteiger partial charge is 0.391 e. The molecule has 0 aromatic carbocycles. The van der Waals surface area contributed by atoms with Gasteiger partial charge in [0.15, 0.2) is 0 Å². The lowest BCUT2D eigenvalue weighted by Crippen LogP contribution is -2.52. The summed E-state index contributed by atoms with van der Waals surface area (Å²) in [5.41, 5.74) is 0. The van der Waals surface area contributed by atoms with Crippen LogP contribution in [-0.2, 0) is 14.4 Å². The monoisotopic (exact) mass is 481 g/mol. The molecule has 3 N–H and O–H groups in total. The third kappa shape index (κ3) is 11.7. The van der Waals surface area contributed by atoms with Gasteiger partial charge in [-0.1, -0.05) is 72.1 Å². The van der Waals surface area contributed by atoms with Gasteiger partial charge in [-0.2, -0.15) is 0 Å². The number of unbranched alkanes of at least 4 members (excludes halogenated alkanes) is 1. The number of hydrogen-bond donors (Lipinski definition) is 3. The zero-order chi connectivity index (χ0) is 25.5. The molecule has 198 valence electrons. The number of carbonyl (C=O) groups excluding carboxylic acids is 3. The van der Waals surface area contributed by atoms with Gasteiger partial charge in [0, 0.05) is 25.9 Å². The fourth-order valence-electron chi connectivity index (χ4n) is 4.58. The van der Waals surface area contributed by atoms with Crippen molar-refractivity contribution in [3.8, 4) is 0 Å². The van der Waals surface area contributed by atoms with Gasteiger partial charge < -0.3 is 20.6 Å². The quantitative estimate of drug-likeness (QED) is 0.475. The molecule has 34 heavy (non-hydrogen) atoms. The third-order valence-corrected chi connectivity index (χ3v) is 7.26. The molecule has 7 heteroatoms. The maximum atomic E-state index is 13.0. The van der Waals surface area contributed by atoms with Crippen LogP contribution in [0.25, 0.3) is 0 Å². The molecule has 5 atom stereocenters. The SMILES string of the molecule is CCCCNC(=O)[C@H](C)C[C@H](O)[C@@H]1C[C@H](C)CCCCCCCCCC(=O)N(C)[C@@H](C)C(=O)N1. The second-order valence-electron chi connectivity index (χ2n) is 10.5. The number of aliphatic hydroxyl groups excluding tert-OH is 1. The van der Waals surface area contributed by atoms with Crippen LogP contribution >= 0.6 is 0 Å². The Kier molecular flexibility index (Phi) is 15.1. The Balaban J connectivity index is 2.88. The minimum Gasteiger partial charge on any atom is -0.391 e. The van der Waals surface area contributed by atoms with Crippen molar-refractivity contribution in [2.24, 2.45) is 11.8 Å². The van der Waals surface area contributed by atoms with E-state index < -0.39 is 18.2 Å². The normalized spacial score (nSPS) is 26.3. The van der Waals surface area contributed by atoms with Gasteiger partial charge in [-0.05, 0) is 38.5 Å². The molecule has 1 aliphatic rings. The number of hydrogen-bond acceptors (Lipinski definition) is 4. The van der Waals surface area contributed by atoms with Crippen molar-refractivity contribution < 1.29 is 19.5 Å². The van der Waals surface area contributed by atoms with Crippen LogP contribution in [0.4, 0.5) is 0 Å². The Morgan fingerprint density at radius 2 is 1.74 bits per heavy atom. The van der Waals surface area contributed by atoms with E-state index in [1.54, 1.807) is 14.0 Å². The number of amides is 3. The second kappa shape index (κ2) is 16.9. The third-order valence-electron chi connectivity index (χ3n) is 7.26. The minimum atomic E-state index is -0.825. The summed E-state index contributed by atoms with van der Waals surface area (Å²) >= 11 is 0. The summed E-state index contributed by atoms with van der Waals surface area (Å²) in [6.07, 6.45) is 11.4. The maximum absolute atomic E-state index is 13.0. The van der Waals surface area contributed by atoms with Crippen molar-refractivity contribution in [2.45, 2.75) is 129 Å². The lowest BCUT2D eigenvalue weighted by atomic mass is 9.89. The van der Waals surface area contributed by atoms with Crippen molar-refractivity contribution >= 4 is 17.7 Å². The first-order valence-electron chi connectivity index (χ1n) is 13.7. The van der Waals surface area contributed by atoms with E-state index in [-0.39, 0.29) is 23.6 Å². The molecule has 1 aliphatic heterocycles. The smallest absolute Gasteiger partial charge is 0.242 e. The molecule has 0 aliphatic carbocycles. The van der Waals surface area contributed by atoms with Crippen molar-refractivity contribution in [2.75, 3.05) is 13.6 Å². The van der Waals surface area contributed by atoms with Crippen molar-refractivity contribution in [1.82, 2.24) is 15.5 Å². The van der Waals surface area contributed by atoms with E-state index in [9.17, 15) is 19.5 Å². The summed E-state index contributed by atoms with van der Waals surface area (Å²) in [4.78, 5) is 39.5. The summed E-state index contributed by atoms with van der Waals surface area (Å²) in [7, 11) is 1.68. The zero-order valence-electron chi connectivity index (χ0n) is 22.4. The van der Waals surface area contributed by atoms with E-state index in [2.05, 4.69) is 24.5 Å². The summed E-state index contributed by atoms with van der Waals surface area (Å²) in [5, 5.41) is 17.0. The molecule has 1 rings (SSSR count). The van der Waals surface area contributed by atoms with Crippen LogP contribution in [0, 0.1) is 11.8 Å². The fourth-order valence-corrected chi connectivity index (χ4v) is 4.58. The first kappa shape index (κ1) is 30.4. The van der Waals surface area contributed by atoms with E-state index >= 15 is 0 Å². The number of carbonyl (C=O) groups is 3. The summed E-state index contributed by atoms with van der Waals surface area (Å²) in [6.45, 7) is 8.44. The molecule has 0 saturated carbocycles. The highest BCUT2D eigenvalue weighted by atomic mass is 16.3. The van der Waals surface area contributed by atoms with Gasteiger partial charge in [0.05, 0.1) is 12.1 Å². The van der Waals surface area contributed by atoms with Crippen LogP contribution in [0.1, 0.15) is 111 Å². The van der Waals surface area contributed by atoms with Gasteiger partial charge in [-0.25, -0.2) is 0 Å². The summed E-state index contributed by atoms with van der Waals surface area (Å²) in [6, 6.07) is -1.06. The van der Waals surface area contributed by atoms with E-state index in [0.717, 1.165) is 44.9 Å². The highest BCUT2D eigenvalue weighted by Gasteiger charge is 2.30. The Hall–Kier alpha value is -1.63. The van der Waals surface area contributed by atoms with Gasteiger partial charge >= 0.3 is 0 Å². The Morgan fingerprint density at radius 3 is 2.38 bits per heavy atom. The lowest BCUT2D eigenvalue weighted by Gasteiger charge is -2.31. The summed E-state index contributed by atoms with van der Waals surface area (Å²) in [5.74, 6) is -0.329. The van der Waals surface area contributed by atoms with Gasteiger partial charge in [0.2, 0.25) is 17.7 Å². The Labute approximate surface area is 207 Å². The number of aliphatic hydroxyl groups is 1. The molecule has 0 aromatic rings. The van der Waals surface area contributed by atoms with Crippen LogP contribution in [-0.4, -0.2) is 59.5 Å². The topological polar surface area (TPSA) is 98.7 Å². The molecule has 0 spiro atoms. The molecule has 1 saturated heterocycles. The van der Waals surface area contributed by atoms with Crippen LogP contribution in [0.3, 0.4) is 0 Å². The van der Waals surface area contributed by atoms with E-state index in [0.29, 0.717) is 31.7 Å². The Bertz CT molecular complexity index is 613. The van der Waals surface area contributed by atoms with Crippen LogP contribution in [0.5, 0.6) is 0 Å². The molecule has 3 amide bonds. The van der Waals surface area contributed by atoms with Gasteiger partial charge in [-0.3, -0.25) is 14.4 Å². The Morgan fingerprint density at radius 1 is 1.12 bits per heavy atom. The lowest BCUT2D eigenvalue weighted by molar-refractivity contribution is -0.139. The average Bonchev–Trinajstić information content (AvgIpc) is 2.80. The average molecular weight is 482 g/mol. The van der Waals surface area contributed by atoms with Gasteiger partial charge in [0.1, 0.15) is 6.04 Å². The van der Waals surface area contributed by atoms with Crippen molar-refractivity contribution in [3.05, 3.63) is 0 Å². The second-order valence-corrected chi connectivity index (χ2v) is 10.5. The predicted octanol–water partition coefficient (Wildman–Crippen LogP) is 4.17. The number of nitrogens with one attached hydrogen (secondary N) is 2. The maximum Gasteiger partial charge on any atom is 0.242 e. The molecule has 0 unspecified atom stereocenters. The minimum absolute atomic E-state index is 0.0187. The molecular weight excluding hydrogens is 430 g/mol. The van der Waals surface area contributed by atoms with Crippen LogP contribution in [0.2, 0.25) is 0 Å². The van der Waals surface area contributed by atoms with Crippen molar-refractivity contribution in [3.63, 3.8) is 0 Å². The standard InChI is InChI=1S/C27H51N3O4/c1-6-7-17-28-26(33)21(3)19-24(31)23-18-20(2)15-13-11-9-8-10-12-14-16-25(32)30(5)22(4)27(34)29-23/h20-24,31H,6-19H2,1-5H3,(H,28,33)(H,29,34)/t20-,21-,22+,23+,24+/m1/s1. The highest BCUT2D eigenvalue weighted by Crippen LogP contribution is 2.21. The molecule has 1 heterocycles. The predicted molar refractivity (Wildman–Crippen MR) is 137 cm³/mol. The molecule has 0 bridgehead atoms. The molecule has 0 aromatic heterocycles. The van der Waals surface area contributed by atoms with E-state index in [1.165, 1.54) is 24.2 Å². The summed E-state index contributed by atoms with van der Waals surface area (Å²) < 4.78 is 0.